The molecular weight excluding hydrogens is 247 g/mol. The van der Waals surface area contributed by atoms with Crippen LogP contribution in [-0.2, 0) is 9.84 Å². The maximum absolute atomic E-state index is 13.3. The van der Waals surface area contributed by atoms with Gasteiger partial charge >= 0.3 is 0 Å². The van der Waals surface area contributed by atoms with E-state index in [4.69, 9.17) is 5.73 Å². The van der Waals surface area contributed by atoms with Gasteiger partial charge in [-0.05, 0) is 23.8 Å². The summed E-state index contributed by atoms with van der Waals surface area (Å²) < 4.78 is 40.7. The first-order valence-corrected chi connectivity index (χ1v) is 6.48. The normalized spacial score (nSPS) is 11.6. The molecule has 0 aliphatic carbocycles. The fourth-order valence-corrected chi connectivity index (χ4v) is 2.07. The van der Waals surface area contributed by atoms with Crippen molar-refractivity contribution in [3.05, 3.63) is 30.2 Å². The number of anilines is 1. The molecule has 2 N–H and O–H groups in total. The lowest BCUT2D eigenvalue weighted by Crippen LogP contribution is -1.98. The number of sulfone groups is 1. The molecular formula is C10H9FN2O3S. The summed E-state index contributed by atoms with van der Waals surface area (Å²) in [5.74, 6) is -0.654. The molecule has 2 rings (SSSR count). The van der Waals surface area contributed by atoms with Gasteiger partial charge in [0.15, 0.2) is 9.84 Å². The van der Waals surface area contributed by atoms with Crippen LogP contribution in [0, 0.1) is 5.82 Å². The zero-order valence-electron chi connectivity index (χ0n) is 8.84. The average molecular weight is 256 g/mol. The molecule has 2 aromatic rings. The first kappa shape index (κ1) is 11.6. The van der Waals surface area contributed by atoms with E-state index in [1.54, 1.807) is 0 Å². The first-order chi connectivity index (χ1) is 7.88. The molecule has 0 unspecified atom stereocenters. The van der Waals surface area contributed by atoms with Crippen molar-refractivity contribution >= 4 is 15.7 Å². The summed E-state index contributed by atoms with van der Waals surface area (Å²) in [7, 11) is -3.48. The van der Waals surface area contributed by atoms with Crippen molar-refractivity contribution in [3.8, 4) is 11.1 Å². The minimum atomic E-state index is -3.48. The number of hydrogen-bond donors (Lipinski definition) is 1. The molecule has 1 aromatic heterocycles. The van der Waals surface area contributed by atoms with Crippen LogP contribution in [0.2, 0.25) is 0 Å². The molecule has 1 heterocycles. The van der Waals surface area contributed by atoms with Crippen LogP contribution in [0.4, 0.5) is 10.3 Å². The van der Waals surface area contributed by atoms with Crippen LogP contribution in [-0.4, -0.2) is 19.8 Å². The third kappa shape index (κ3) is 2.28. The number of halogens is 1. The molecule has 0 saturated heterocycles. The maximum atomic E-state index is 13.3. The highest BCUT2D eigenvalue weighted by Crippen LogP contribution is 2.28. The molecule has 0 radical (unpaired) electrons. The average Bonchev–Trinajstić information content (AvgIpc) is 2.62. The first-order valence-electron chi connectivity index (χ1n) is 4.59. The summed E-state index contributed by atoms with van der Waals surface area (Å²) in [5.41, 5.74) is 6.15. The molecule has 0 saturated carbocycles. The highest BCUT2D eigenvalue weighted by Gasteiger charge is 2.14. The van der Waals surface area contributed by atoms with Crippen molar-refractivity contribution in [1.29, 1.82) is 0 Å². The Morgan fingerprint density at radius 2 is 2.06 bits per heavy atom. The van der Waals surface area contributed by atoms with E-state index in [0.717, 1.165) is 18.4 Å². The largest absolute Gasteiger partial charge is 0.367 e. The smallest absolute Gasteiger partial charge is 0.229 e. The lowest BCUT2D eigenvalue weighted by molar-refractivity contribution is 0.436. The van der Waals surface area contributed by atoms with Gasteiger partial charge in [-0.15, -0.1) is 0 Å². The second-order valence-electron chi connectivity index (χ2n) is 3.55. The minimum Gasteiger partial charge on any atom is -0.367 e. The topological polar surface area (TPSA) is 86.2 Å². The lowest BCUT2D eigenvalue weighted by Gasteiger charge is -2.03. The predicted octanol–water partition coefficient (Wildman–Crippen LogP) is 1.47. The predicted molar refractivity (Wildman–Crippen MR) is 59.4 cm³/mol. The van der Waals surface area contributed by atoms with Gasteiger partial charge in [0, 0.05) is 6.26 Å². The minimum absolute atomic E-state index is 0.00931. The second-order valence-corrected chi connectivity index (χ2v) is 5.57. The molecule has 0 aliphatic heterocycles. The number of aromatic nitrogens is 1. The van der Waals surface area contributed by atoms with Gasteiger partial charge < -0.3 is 10.3 Å². The molecule has 1 aromatic carbocycles. The summed E-state index contributed by atoms with van der Waals surface area (Å²) >= 11 is 0. The molecule has 0 fully saturated rings. The molecule has 0 bridgehead atoms. The van der Waals surface area contributed by atoms with E-state index >= 15 is 0 Å². The van der Waals surface area contributed by atoms with Gasteiger partial charge in [0.25, 0.3) is 0 Å². The summed E-state index contributed by atoms with van der Waals surface area (Å²) in [6.45, 7) is 0. The summed E-state index contributed by atoms with van der Waals surface area (Å²) in [4.78, 5) is -0.117. The second kappa shape index (κ2) is 3.85. The van der Waals surface area contributed by atoms with E-state index in [-0.39, 0.29) is 10.8 Å². The van der Waals surface area contributed by atoms with Crippen LogP contribution < -0.4 is 5.73 Å². The van der Waals surface area contributed by atoms with E-state index in [1.165, 1.54) is 12.3 Å². The molecule has 90 valence electrons. The van der Waals surface area contributed by atoms with Crippen molar-refractivity contribution < 1.29 is 17.3 Å². The molecule has 5 nitrogen and oxygen atoms in total. The Labute approximate surface area is 96.9 Å². The van der Waals surface area contributed by atoms with Gasteiger partial charge in [-0.25, -0.2) is 12.8 Å². The molecule has 0 amide bonds. The zero-order chi connectivity index (χ0) is 12.6. The van der Waals surface area contributed by atoms with Crippen molar-refractivity contribution in [2.45, 2.75) is 4.90 Å². The van der Waals surface area contributed by atoms with E-state index in [1.807, 2.05) is 0 Å². The van der Waals surface area contributed by atoms with Crippen molar-refractivity contribution in [3.63, 3.8) is 0 Å². The van der Waals surface area contributed by atoms with Gasteiger partial charge in [-0.1, -0.05) is 5.16 Å². The number of nitrogen functional groups attached to an aromatic ring is 1. The molecule has 7 heteroatoms. The summed E-state index contributed by atoms with van der Waals surface area (Å²) in [6.07, 6.45) is 2.30. The highest BCUT2D eigenvalue weighted by molar-refractivity contribution is 7.90. The van der Waals surface area contributed by atoms with Gasteiger partial charge in [0.2, 0.25) is 5.88 Å². The Hall–Kier alpha value is -1.89. The van der Waals surface area contributed by atoms with E-state index < -0.39 is 15.7 Å². The SMILES string of the molecule is CS(=O)(=O)c1cc(F)cc(-c2cnoc2N)c1. The molecule has 0 atom stereocenters. The summed E-state index contributed by atoms with van der Waals surface area (Å²) in [6, 6.07) is 3.43. The van der Waals surface area contributed by atoms with Crippen molar-refractivity contribution in [1.82, 2.24) is 5.16 Å². The van der Waals surface area contributed by atoms with Crippen LogP contribution in [0.25, 0.3) is 11.1 Å². The Kier molecular flexibility index (Phi) is 2.62. The van der Waals surface area contributed by atoms with E-state index in [0.29, 0.717) is 11.1 Å². The number of rotatable bonds is 2. The van der Waals surface area contributed by atoms with Crippen LogP contribution in [0.3, 0.4) is 0 Å². The van der Waals surface area contributed by atoms with Gasteiger partial charge in [-0.3, -0.25) is 0 Å². The summed E-state index contributed by atoms with van der Waals surface area (Å²) in [5, 5.41) is 3.45. The highest BCUT2D eigenvalue weighted by atomic mass is 32.2. The monoisotopic (exact) mass is 256 g/mol. The Morgan fingerprint density at radius 1 is 1.35 bits per heavy atom. The Balaban J connectivity index is 2.65. The molecule has 0 aliphatic rings. The number of benzene rings is 1. The fraction of sp³-hybridized carbons (Fsp3) is 0.100. The fourth-order valence-electron chi connectivity index (χ4n) is 1.40. The van der Waals surface area contributed by atoms with E-state index in [2.05, 4.69) is 9.68 Å². The molecule has 17 heavy (non-hydrogen) atoms. The number of nitrogens with zero attached hydrogens (tertiary/aromatic N) is 1. The Morgan fingerprint density at radius 3 is 2.59 bits per heavy atom. The van der Waals surface area contributed by atoms with Crippen molar-refractivity contribution in [2.75, 3.05) is 12.0 Å². The number of nitrogens with two attached hydrogens (primary N) is 1. The third-order valence-corrected chi connectivity index (χ3v) is 3.30. The third-order valence-electron chi connectivity index (χ3n) is 2.21. The van der Waals surface area contributed by atoms with Crippen LogP contribution in [0.5, 0.6) is 0 Å². The van der Waals surface area contributed by atoms with Gasteiger partial charge in [-0.2, -0.15) is 0 Å². The van der Waals surface area contributed by atoms with Crippen molar-refractivity contribution in [2.24, 2.45) is 0 Å². The molecule has 0 spiro atoms. The van der Waals surface area contributed by atoms with Crippen LogP contribution >= 0.6 is 0 Å². The van der Waals surface area contributed by atoms with E-state index in [9.17, 15) is 12.8 Å². The lowest BCUT2D eigenvalue weighted by atomic mass is 10.1. The van der Waals surface area contributed by atoms with Gasteiger partial charge in [0.05, 0.1) is 16.7 Å². The van der Waals surface area contributed by atoms with Crippen LogP contribution in [0.15, 0.2) is 33.8 Å². The Bertz CT molecular complexity index is 664. The maximum Gasteiger partial charge on any atom is 0.229 e. The van der Waals surface area contributed by atoms with Crippen LogP contribution in [0.1, 0.15) is 0 Å². The van der Waals surface area contributed by atoms with Gasteiger partial charge in [0.1, 0.15) is 5.82 Å². The standard InChI is InChI=1S/C10H9FN2O3S/c1-17(14,15)8-3-6(2-7(11)4-8)9-5-13-16-10(9)12/h2-5H,12H2,1H3. The quantitative estimate of drug-likeness (QED) is 0.879. The zero-order valence-corrected chi connectivity index (χ0v) is 9.66. The number of hydrogen-bond acceptors (Lipinski definition) is 5.